The first-order valence-electron chi connectivity index (χ1n) is 6.11. The lowest BCUT2D eigenvalue weighted by Gasteiger charge is -2.24. The highest BCUT2D eigenvalue weighted by Gasteiger charge is 2.18. The molecule has 18 heavy (non-hydrogen) atoms. The van der Waals surface area contributed by atoms with Gasteiger partial charge in [0, 0.05) is 18.1 Å². The van der Waals surface area contributed by atoms with Gasteiger partial charge < -0.3 is 15.2 Å². The van der Waals surface area contributed by atoms with Gasteiger partial charge in [0.1, 0.15) is 0 Å². The molecule has 2 N–H and O–H groups in total. The Labute approximate surface area is 118 Å². The fourth-order valence-electron chi connectivity index (χ4n) is 1.57. The van der Waals surface area contributed by atoms with Crippen LogP contribution in [-0.2, 0) is 9.47 Å². The van der Waals surface area contributed by atoms with Crippen LogP contribution in [0.3, 0.4) is 0 Å². The second-order valence-electron chi connectivity index (χ2n) is 4.83. The molecular weight excluding hydrogens is 294 g/mol. The number of ether oxygens (including phenoxy) is 2. The highest BCUT2D eigenvalue weighted by Crippen LogP contribution is 2.26. The smallest absolute Gasteiger partial charge is 0.0957 e. The molecule has 1 unspecified atom stereocenters. The Hall–Kier alpha value is -0.420. The van der Waals surface area contributed by atoms with Crippen LogP contribution >= 0.6 is 15.9 Å². The van der Waals surface area contributed by atoms with Crippen molar-refractivity contribution in [2.24, 2.45) is 5.73 Å². The number of hydrogen-bond acceptors (Lipinski definition) is 3. The Balaban J connectivity index is 2.56. The SMILES string of the molecule is COC(C)(C)CCOC(CN)c1ccccc1Br. The molecule has 0 radical (unpaired) electrons. The summed E-state index contributed by atoms with van der Waals surface area (Å²) in [6.45, 7) is 5.19. The van der Waals surface area contributed by atoms with Crippen LogP contribution in [-0.4, -0.2) is 25.9 Å². The van der Waals surface area contributed by atoms with Crippen LogP contribution in [0.4, 0.5) is 0 Å². The third-order valence-corrected chi connectivity index (χ3v) is 3.76. The van der Waals surface area contributed by atoms with E-state index in [1.807, 2.05) is 38.1 Å². The first kappa shape index (κ1) is 15.6. The maximum absolute atomic E-state index is 5.86. The van der Waals surface area contributed by atoms with Crippen molar-refractivity contribution in [3.8, 4) is 0 Å². The summed E-state index contributed by atoms with van der Waals surface area (Å²) in [5.41, 5.74) is 6.71. The van der Waals surface area contributed by atoms with E-state index >= 15 is 0 Å². The van der Waals surface area contributed by atoms with Gasteiger partial charge in [-0.05, 0) is 31.9 Å². The second kappa shape index (κ2) is 7.24. The van der Waals surface area contributed by atoms with Gasteiger partial charge in [0.05, 0.1) is 18.3 Å². The number of nitrogens with two attached hydrogens (primary N) is 1. The molecule has 0 saturated heterocycles. The van der Waals surface area contributed by atoms with Crippen LogP contribution in [0.5, 0.6) is 0 Å². The van der Waals surface area contributed by atoms with Crippen molar-refractivity contribution in [2.75, 3.05) is 20.3 Å². The van der Waals surface area contributed by atoms with Gasteiger partial charge in [0.2, 0.25) is 0 Å². The summed E-state index contributed by atoms with van der Waals surface area (Å²) in [6, 6.07) is 8.00. The van der Waals surface area contributed by atoms with E-state index in [9.17, 15) is 0 Å². The minimum Gasteiger partial charge on any atom is -0.379 e. The molecule has 0 heterocycles. The van der Waals surface area contributed by atoms with Crippen LogP contribution in [0, 0.1) is 0 Å². The van der Waals surface area contributed by atoms with Gasteiger partial charge in [0.15, 0.2) is 0 Å². The molecule has 0 saturated carbocycles. The molecule has 0 amide bonds. The highest BCUT2D eigenvalue weighted by atomic mass is 79.9. The minimum atomic E-state index is -0.160. The molecule has 0 fully saturated rings. The molecule has 0 aliphatic heterocycles. The topological polar surface area (TPSA) is 44.5 Å². The average Bonchev–Trinajstić information content (AvgIpc) is 2.36. The summed E-state index contributed by atoms with van der Waals surface area (Å²) in [4.78, 5) is 0. The lowest BCUT2D eigenvalue weighted by atomic mass is 10.1. The van der Waals surface area contributed by atoms with Gasteiger partial charge in [-0.1, -0.05) is 34.1 Å². The van der Waals surface area contributed by atoms with Crippen LogP contribution in [0.2, 0.25) is 0 Å². The number of hydrogen-bond donors (Lipinski definition) is 1. The zero-order valence-electron chi connectivity index (χ0n) is 11.3. The van der Waals surface area contributed by atoms with Crippen molar-refractivity contribution in [2.45, 2.75) is 32.0 Å². The first-order chi connectivity index (χ1) is 8.50. The largest absolute Gasteiger partial charge is 0.379 e. The zero-order valence-corrected chi connectivity index (χ0v) is 12.9. The van der Waals surface area contributed by atoms with E-state index in [-0.39, 0.29) is 11.7 Å². The van der Waals surface area contributed by atoms with Crippen molar-refractivity contribution in [1.29, 1.82) is 0 Å². The fourth-order valence-corrected chi connectivity index (χ4v) is 2.11. The summed E-state index contributed by atoms with van der Waals surface area (Å²) in [6.07, 6.45) is 0.762. The molecule has 0 aliphatic rings. The predicted octanol–water partition coefficient (Wildman–Crippen LogP) is 3.28. The van der Waals surface area contributed by atoms with Crippen molar-refractivity contribution in [1.82, 2.24) is 0 Å². The quantitative estimate of drug-likeness (QED) is 0.839. The Kier molecular flexibility index (Phi) is 6.29. The Morgan fingerprint density at radius 1 is 1.33 bits per heavy atom. The number of benzene rings is 1. The molecule has 0 aliphatic carbocycles. The van der Waals surface area contributed by atoms with Crippen LogP contribution in [0.15, 0.2) is 28.7 Å². The molecule has 0 aromatic heterocycles. The van der Waals surface area contributed by atoms with Crippen molar-refractivity contribution in [3.63, 3.8) is 0 Å². The number of rotatable bonds is 7. The normalized spacial score (nSPS) is 13.6. The second-order valence-corrected chi connectivity index (χ2v) is 5.68. The molecule has 0 spiro atoms. The number of halogens is 1. The van der Waals surface area contributed by atoms with Gasteiger partial charge in [-0.2, -0.15) is 0 Å². The van der Waals surface area contributed by atoms with Crippen molar-refractivity contribution < 1.29 is 9.47 Å². The monoisotopic (exact) mass is 315 g/mol. The van der Waals surface area contributed by atoms with E-state index in [1.54, 1.807) is 7.11 Å². The van der Waals surface area contributed by atoms with E-state index in [1.165, 1.54) is 0 Å². The lowest BCUT2D eigenvalue weighted by molar-refractivity contribution is -0.0258. The standard InChI is InChI=1S/C14H22BrNO2/c1-14(2,17-3)8-9-18-13(10-16)11-6-4-5-7-12(11)15/h4-7,13H,8-10,16H2,1-3H3. The molecular formula is C14H22BrNO2. The molecule has 1 aromatic rings. The number of methoxy groups -OCH3 is 1. The summed E-state index contributed by atoms with van der Waals surface area (Å²) >= 11 is 3.52. The molecule has 1 rings (SSSR count). The van der Waals surface area contributed by atoms with Crippen LogP contribution in [0.25, 0.3) is 0 Å². The Morgan fingerprint density at radius 3 is 2.56 bits per heavy atom. The average molecular weight is 316 g/mol. The van der Waals surface area contributed by atoms with E-state index < -0.39 is 0 Å². The fraction of sp³-hybridized carbons (Fsp3) is 0.571. The summed E-state index contributed by atoms with van der Waals surface area (Å²) < 4.78 is 12.3. The van der Waals surface area contributed by atoms with Crippen molar-refractivity contribution >= 4 is 15.9 Å². The lowest BCUT2D eigenvalue weighted by Crippen LogP contribution is -2.26. The predicted molar refractivity (Wildman–Crippen MR) is 77.6 cm³/mol. The third kappa shape index (κ3) is 4.69. The van der Waals surface area contributed by atoms with Crippen LogP contribution < -0.4 is 5.73 Å². The first-order valence-corrected chi connectivity index (χ1v) is 6.90. The minimum absolute atomic E-state index is 0.0757. The van der Waals surface area contributed by atoms with Crippen molar-refractivity contribution in [3.05, 3.63) is 34.3 Å². The molecule has 3 nitrogen and oxygen atoms in total. The molecule has 1 aromatic carbocycles. The summed E-state index contributed by atoms with van der Waals surface area (Å²) in [5, 5.41) is 0. The molecule has 1 atom stereocenters. The van der Waals surface area contributed by atoms with E-state index in [4.69, 9.17) is 15.2 Å². The Morgan fingerprint density at radius 2 is 2.00 bits per heavy atom. The van der Waals surface area contributed by atoms with Gasteiger partial charge >= 0.3 is 0 Å². The maximum atomic E-state index is 5.86. The third-order valence-electron chi connectivity index (χ3n) is 3.04. The van der Waals surface area contributed by atoms with E-state index in [0.29, 0.717) is 13.2 Å². The summed E-state index contributed by atoms with van der Waals surface area (Å²) in [5.74, 6) is 0. The zero-order chi connectivity index (χ0) is 13.6. The van der Waals surface area contributed by atoms with Gasteiger partial charge in [-0.15, -0.1) is 0 Å². The highest BCUT2D eigenvalue weighted by molar-refractivity contribution is 9.10. The maximum Gasteiger partial charge on any atom is 0.0957 e. The summed E-state index contributed by atoms with van der Waals surface area (Å²) in [7, 11) is 1.72. The van der Waals surface area contributed by atoms with Gasteiger partial charge in [-0.3, -0.25) is 0 Å². The van der Waals surface area contributed by atoms with Gasteiger partial charge in [0.25, 0.3) is 0 Å². The molecule has 102 valence electrons. The Bertz CT molecular complexity index is 369. The van der Waals surface area contributed by atoms with Gasteiger partial charge in [-0.25, -0.2) is 0 Å². The molecule has 4 heteroatoms. The van der Waals surface area contributed by atoms with E-state index in [2.05, 4.69) is 15.9 Å². The molecule has 0 bridgehead atoms. The van der Waals surface area contributed by atoms with E-state index in [0.717, 1.165) is 16.5 Å². The van der Waals surface area contributed by atoms with Crippen LogP contribution in [0.1, 0.15) is 31.9 Å².